The van der Waals surface area contributed by atoms with Gasteiger partial charge in [0.05, 0.1) is 14.2 Å². The number of halogens is 3. The number of hydrogen-bond acceptors (Lipinski definition) is 4. The monoisotopic (exact) mass is 416 g/mol. The van der Waals surface area contributed by atoms with E-state index in [2.05, 4.69) is 37.0 Å². The summed E-state index contributed by atoms with van der Waals surface area (Å²) in [6.45, 7) is 0. The van der Waals surface area contributed by atoms with Crippen LogP contribution in [0.2, 0.25) is 0 Å². The molecule has 3 aromatic rings. The molecule has 0 fully saturated rings. The highest BCUT2D eigenvalue weighted by molar-refractivity contribution is 9.13. The summed E-state index contributed by atoms with van der Waals surface area (Å²) in [6, 6.07) is 8.00. The second-order valence-corrected chi connectivity index (χ2v) is 7.23. The Kier molecular flexibility index (Phi) is 3.66. The lowest BCUT2D eigenvalue weighted by molar-refractivity contribution is 0.439. The molecule has 0 unspecified atom stereocenters. The van der Waals surface area contributed by atoms with Crippen LogP contribution in [0.25, 0.3) is 21.7 Å². The van der Waals surface area contributed by atoms with E-state index in [0.29, 0.717) is 11.3 Å². The molecule has 102 valence electrons. The summed E-state index contributed by atoms with van der Waals surface area (Å²) in [4.78, 5) is 0.906. The van der Waals surface area contributed by atoms with E-state index in [1.54, 1.807) is 12.1 Å². The van der Waals surface area contributed by atoms with Crippen molar-refractivity contribution >= 4 is 49.1 Å². The van der Waals surface area contributed by atoms with Crippen molar-refractivity contribution in [2.24, 2.45) is 0 Å². The molecule has 0 spiro atoms. The van der Waals surface area contributed by atoms with Gasteiger partial charge in [0.25, 0.3) is 0 Å². The molecule has 2 heterocycles. The molecular formula is C13H7Br2FN2OS. The molecule has 0 bridgehead atoms. The third-order valence-corrected chi connectivity index (χ3v) is 5.99. The molecule has 0 atom stereocenters. The van der Waals surface area contributed by atoms with Gasteiger partial charge in [-0.2, -0.15) is 0 Å². The first-order valence-corrected chi connectivity index (χ1v) is 7.93. The SMILES string of the molecule is Nc1onc(-c2cc(Br)c(Br)s2)c1-c1ccc(F)cc1. The lowest BCUT2D eigenvalue weighted by atomic mass is 10.0. The van der Waals surface area contributed by atoms with Crippen LogP contribution in [0.15, 0.2) is 43.1 Å². The number of hydrogen-bond donors (Lipinski definition) is 1. The van der Waals surface area contributed by atoms with E-state index in [0.717, 1.165) is 18.7 Å². The molecule has 0 aliphatic rings. The zero-order valence-electron chi connectivity index (χ0n) is 9.86. The number of nitrogens with two attached hydrogens (primary N) is 1. The van der Waals surface area contributed by atoms with Gasteiger partial charge in [-0.15, -0.1) is 11.3 Å². The van der Waals surface area contributed by atoms with Crippen molar-refractivity contribution in [3.63, 3.8) is 0 Å². The molecule has 0 saturated carbocycles. The summed E-state index contributed by atoms with van der Waals surface area (Å²) >= 11 is 8.39. The zero-order chi connectivity index (χ0) is 14.3. The summed E-state index contributed by atoms with van der Waals surface area (Å²) in [7, 11) is 0. The minimum Gasteiger partial charge on any atom is -0.367 e. The molecule has 3 nitrogen and oxygen atoms in total. The predicted octanol–water partition coefficient (Wildman–Crippen LogP) is 5.32. The standard InChI is InChI=1S/C13H7Br2FN2OS/c14-8-5-9(20-12(8)15)11-10(13(17)19-18-11)6-1-3-7(16)4-2-6/h1-5H,17H2. The molecule has 0 amide bonds. The molecule has 2 aromatic heterocycles. The number of rotatable bonds is 2. The Morgan fingerprint density at radius 2 is 1.90 bits per heavy atom. The summed E-state index contributed by atoms with van der Waals surface area (Å²) < 4.78 is 20.0. The van der Waals surface area contributed by atoms with Gasteiger partial charge >= 0.3 is 0 Å². The van der Waals surface area contributed by atoms with Gasteiger partial charge in [0.2, 0.25) is 5.88 Å². The first kappa shape index (κ1) is 13.8. The van der Waals surface area contributed by atoms with Crippen LogP contribution in [0.5, 0.6) is 0 Å². The summed E-state index contributed by atoms with van der Waals surface area (Å²) in [5, 5.41) is 4.01. The van der Waals surface area contributed by atoms with Gasteiger partial charge in [-0.25, -0.2) is 4.39 Å². The maximum atomic E-state index is 13.0. The minimum atomic E-state index is -0.299. The Morgan fingerprint density at radius 3 is 2.50 bits per heavy atom. The topological polar surface area (TPSA) is 52.0 Å². The Labute approximate surface area is 134 Å². The van der Waals surface area contributed by atoms with E-state index < -0.39 is 0 Å². The summed E-state index contributed by atoms with van der Waals surface area (Å²) in [6.07, 6.45) is 0. The van der Waals surface area contributed by atoms with E-state index in [4.69, 9.17) is 10.3 Å². The smallest absolute Gasteiger partial charge is 0.230 e. The second kappa shape index (κ2) is 5.31. The van der Waals surface area contributed by atoms with Gasteiger partial charge in [0.15, 0.2) is 0 Å². The van der Waals surface area contributed by atoms with Crippen molar-refractivity contribution in [3.8, 4) is 21.7 Å². The molecule has 1 aromatic carbocycles. The molecule has 2 N–H and O–H groups in total. The van der Waals surface area contributed by atoms with Crippen molar-refractivity contribution in [3.05, 3.63) is 44.4 Å². The second-order valence-electron chi connectivity index (χ2n) is 4.01. The van der Waals surface area contributed by atoms with Crippen molar-refractivity contribution in [2.75, 3.05) is 5.73 Å². The Balaban J connectivity index is 2.16. The Bertz CT molecular complexity index is 748. The van der Waals surface area contributed by atoms with E-state index in [1.165, 1.54) is 23.5 Å². The fourth-order valence-electron chi connectivity index (χ4n) is 1.83. The number of anilines is 1. The van der Waals surface area contributed by atoms with Gasteiger partial charge in [0.1, 0.15) is 11.5 Å². The largest absolute Gasteiger partial charge is 0.367 e. The van der Waals surface area contributed by atoms with Crippen LogP contribution >= 0.6 is 43.2 Å². The van der Waals surface area contributed by atoms with E-state index in [-0.39, 0.29) is 11.7 Å². The van der Waals surface area contributed by atoms with E-state index in [9.17, 15) is 4.39 Å². The highest BCUT2D eigenvalue weighted by Crippen LogP contribution is 2.43. The van der Waals surface area contributed by atoms with Crippen molar-refractivity contribution in [2.45, 2.75) is 0 Å². The molecule has 7 heteroatoms. The average Bonchev–Trinajstić information content (AvgIpc) is 2.95. The maximum absolute atomic E-state index is 13.0. The molecular weight excluding hydrogens is 411 g/mol. The Morgan fingerprint density at radius 1 is 1.20 bits per heavy atom. The quantitative estimate of drug-likeness (QED) is 0.614. The third-order valence-electron chi connectivity index (χ3n) is 2.73. The number of benzene rings is 1. The van der Waals surface area contributed by atoms with Crippen molar-refractivity contribution in [1.29, 1.82) is 0 Å². The average molecular weight is 418 g/mol. The van der Waals surface area contributed by atoms with Crippen LogP contribution in [0.1, 0.15) is 0 Å². The van der Waals surface area contributed by atoms with Gasteiger partial charge in [0, 0.05) is 4.47 Å². The van der Waals surface area contributed by atoms with Gasteiger partial charge in [-0.05, 0) is 55.6 Å². The molecule has 20 heavy (non-hydrogen) atoms. The van der Waals surface area contributed by atoms with Gasteiger partial charge in [-0.1, -0.05) is 17.3 Å². The van der Waals surface area contributed by atoms with Gasteiger partial charge < -0.3 is 10.3 Å². The molecule has 0 aliphatic carbocycles. The van der Waals surface area contributed by atoms with Crippen LogP contribution in [-0.2, 0) is 0 Å². The van der Waals surface area contributed by atoms with Crippen LogP contribution in [0.3, 0.4) is 0 Å². The number of nitrogens with zero attached hydrogens (tertiary/aromatic N) is 1. The first-order valence-electron chi connectivity index (χ1n) is 5.52. The summed E-state index contributed by atoms with van der Waals surface area (Å²) in [5.41, 5.74) is 7.93. The lowest BCUT2D eigenvalue weighted by Crippen LogP contribution is -1.87. The van der Waals surface area contributed by atoms with E-state index in [1.807, 2.05) is 6.07 Å². The predicted molar refractivity (Wildman–Crippen MR) is 85.0 cm³/mol. The number of thiophene rings is 1. The van der Waals surface area contributed by atoms with E-state index >= 15 is 0 Å². The third kappa shape index (κ3) is 2.41. The zero-order valence-corrected chi connectivity index (χ0v) is 13.9. The lowest BCUT2D eigenvalue weighted by Gasteiger charge is -2.00. The maximum Gasteiger partial charge on any atom is 0.230 e. The highest BCUT2D eigenvalue weighted by Gasteiger charge is 2.20. The molecule has 0 saturated heterocycles. The number of nitrogen functional groups attached to an aromatic ring is 1. The Hall–Kier alpha value is -1.18. The summed E-state index contributed by atoms with van der Waals surface area (Å²) in [5.74, 6) is -0.0841. The molecule has 0 aliphatic heterocycles. The number of aromatic nitrogens is 1. The van der Waals surface area contributed by atoms with Gasteiger partial charge in [-0.3, -0.25) is 0 Å². The minimum absolute atomic E-state index is 0.215. The van der Waals surface area contributed by atoms with Crippen molar-refractivity contribution in [1.82, 2.24) is 5.16 Å². The van der Waals surface area contributed by atoms with Crippen LogP contribution in [0.4, 0.5) is 10.3 Å². The van der Waals surface area contributed by atoms with Crippen LogP contribution in [-0.4, -0.2) is 5.16 Å². The van der Waals surface area contributed by atoms with Crippen molar-refractivity contribution < 1.29 is 8.91 Å². The van der Waals surface area contributed by atoms with Crippen LogP contribution in [0, 0.1) is 5.82 Å². The fourth-order valence-corrected chi connectivity index (χ4v) is 3.85. The fraction of sp³-hybridized carbons (Fsp3) is 0. The van der Waals surface area contributed by atoms with Crippen LogP contribution < -0.4 is 5.73 Å². The normalized spacial score (nSPS) is 10.9. The molecule has 0 radical (unpaired) electrons. The highest BCUT2D eigenvalue weighted by atomic mass is 79.9. The first-order chi connectivity index (χ1) is 9.56. The molecule has 3 rings (SSSR count).